The minimum absolute atomic E-state index is 0.380. The number of rotatable bonds is 3. The maximum Gasteiger partial charge on any atom is 0.439 e. The summed E-state index contributed by atoms with van der Waals surface area (Å²) in [6, 6.07) is 8.05. The number of nitrogens with zero attached hydrogens (tertiary/aromatic N) is 3. The molecule has 1 N–H and O–H groups in total. The average molecular weight is 322 g/mol. The van der Waals surface area contributed by atoms with Crippen molar-refractivity contribution in [2.75, 3.05) is 0 Å². The van der Waals surface area contributed by atoms with Gasteiger partial charge in [0.05, 0.1) is 5.56 Å². The van der Waals surface area contributed by atoms with Crippen molar-refractivity contribution in [2.45, 2.75) is 38.6 Å². The molecule has 2 aromatic heterocycles. The molecule has 3 aromatic rings. The molecule has 0 bridgehead atoms. The van der Waals surface area contributed by atoms with Gasteiger partial charge in [0.2, 0.25) is 0 Å². The Kier molecular flexibility index (Phi) is 3.69. The minimum atomic E-state index is -0.583. The summed E-state index contributed by atoms with van der Waals surface area (Å²) in [5.74, 6) is 0.485. The van der Waals surface area contributed by atoms with Gasteiger partial charge in [-0.05, 0) is 37.0 Å². The molecule has 0 unspecified atom stereocenters. The molecule has 2 heterocycles. The fourth-order valence-corrected chi connectivity index (χ4v) is 3.69. The van der Waals surface area contributed by atoms with Crippen molar-refractivity contribution in [1.82, 2.24) is 14.7 Å². The van der Waals surface area contributed by atoms with Gasteiger partial charge >= 0.3 is 5.76 Å². The Bertz CT molecular complexity index is 967. The minimum Gasteiger partial charge on any atom is -0.346 e. The van der Waals surface area contributed by atoms with Gasteiger partial charge in [-0.1, -0.05) is 24.4 Å². The van der Waals surface area contributed by atoms with Crippen LogP contribution in [0.2, 0.25) is 0 Å². The van der Waals surface area contributed by atoms with E-state index in [9.17, 15) is 10.1 Å². The van der Waals surface area contributed by atoms with E-state index in [4.69, 9.17) is 0 Å². The van der Waals surface area contributed by atoms with Crippen molar-refractivity contribution >= 4 is 10.9 Å². The average Bonchev–Trinajstić information content (AvgIpc) is 3.19. The topological polar surface area (TPSA) is 87.6 Å². The number of nitrogens with one attached hydrogen (secondary N) is 1. The first-order valence-corrected chi connectivity index (χ1v) is 8.34. The normalized spacial score (nSPS) is 15.6. The first-order chi connectivity index (χ1) is 11.7. The van der Waals surface area contributed by atoms with Gasteiger partial charge in [-0.25, -0.2) is 4.79 Å². The van der Waals surface area contributed by atoms with Crippen LogP contribution in [0, 0.1) is 17.2 Å². The molecule has 24 heavy (non-hydrogen) atoms. The number of aromatic nitrogens is 3. The summed E-state index contributed by atoms with van der Waals surface area (Å²) in [6.45, 7) is 0.957. The summed E-state index contributed by atoms with van der Waals surface area (Å²) in [5, 5.41) is 14.1. The summed E-state index contributed by atoms with van der Waals surface area (Å²) in [6.07, 6.45) is 8.41. The van der Waals surface area contributed by atoms with E-state index in [2.05, 4.69) is 25.3 Å². The summed E-state index contributed by atoms with van der Waals surface area (Å²) < 4.78 is 6.76. The van der Waals surface area contributed by atoms with Crippen LogP contribution in [-0.4, -0.2) is 14.7 Å². The first-order valence-electron chi connectivity index (χ1n) is 8.34. The molecule has 0 aliphatic heterocycles. The third-order valence-electron chi connectivity index (χ3n) is 4.89. The molecular formula is C18H18N4O2. The van der Waals surface area contributed by atoms with E-state index in [0.717, 1.165) is 23.0 Å². The molecule has 1 aliphatic rings. The Balaban J connectivity index is 1.74. The van der Waals surface area contributed by atoms with Crippen LogP contribution >= 0.6 is 0 Å². The van der Waals surface area contributed by atoms with Crippen LogP contribution in [0.1, 0.15) is 37.7 Å². The van der Waals surface area contributed by atoms with Crippen LogP contribution in [0.15, 0.2) is 33.7 Å². The van der Waals surface area contributed by atoms with E-state index >= 15 is 0 Å². The van der Waals surface area contributed by atoms with Gasteiger partial charge in [-0.2, -0.15) is 5.26 Å². The Hall–Kier alpha value is -2.81. The predicted octanol–water partition coefficient (Wildman–Crippen LogP) is 3.44. The molecule has 0 radical (unpaired) electrons. The Morgan fingerprint density at radius 1 is 1.33 bits per heavy atom. The Morgan fingerprint density at radius 2 is 2.17 bits per heavy atom. The number of H-pyrrole nitrogens is 1. The molecule has 0 spiro atoms. The molecule has 1 aromatic carbocycles. The smallest absolute Gasteiger partial charge is 0.346 e. The molecular weight excluding hydrogens is 304 g/mol. The Morgan fingerprint density at radius 3 is 2.88 bits per heavy atom. The lowest BCUT2D eigenvalue weighted by Crippen LogP contribution is -2.13. The van der Waals surface area contributed by atoms with Crippen LogP contribution in [0.25, 0.3) is 22.3 Å². The van der Waals surface area contributed by atoms with Gasteiger partial charge in [0.15, 0.2) is 5.82 Å². The molecule has 6 heteroatoms. The van der Waals surface area contributed by atoms with Crippen LogP contribution in [-0.2, 0) is 6.54 Å². The molecule has 1 aliphatic carbocycles. The summed E-state index contributed by atoms with van der Waals surface area (Å²) in [5.41, 5.74) is 2.43. The summed E-state index contributed by atoms with van der Waals surface area (Å²) in [4.78, 5) is 13.7. The Labute approximate surface area is 138 Å². The van der Waals surface area contributed by atoms with Gasteiger partial charge < -0.3 is 4.57 Å². The highest BCUT2D eigenvalue weighted by Crippen LogP contribution is 2.30. The van der Waals surface area contributed by atoms with Gasteiger partial charge in [-0.3, -0.25) is 9.51 Å². The van der Waals surface area contributed by atoms with Crippen molar-refractivity contribution in [2.24, 2.45) is 5.92 Å². The summed E-state index contributed by atoms with van der Waals surface area (Å²) >= 11 is 0. The van der Waals surface area contributed by atoms with Crippen molar-refractivity contribution in [1.29, 1.82) is 5.26 Å². The lowest BCUT2D eigenvalue weighted by Gasteiger charge is -2.22. The monoisotopic (exact) mass is 322 g/mol. The SMILES string of the molecule is N#Cc1cn(CC2CCCCC2)c2ccc(-c3noc(=O)[nH]3)cc12. The highest BCUT2D eigenvalue weighted by Gasteiger charge is 2.17. The maximum absolute atomic E-state index is 11.1. The lowest BCUT2D eigenvalue weighted by atomic mass is 9.89. The van der Waals surface area contributed by atoms with Crippen LogP contribution < -0.4 is 5.76 Å². The van der Waals surface area contributed by atoms with Crippen LogP contribution in [0.3, 0.4) is 0 Å². The van der Waals surface area contributed by atoms with E-state index < -0.39 is 5.76 Å². The quantitative estimate of drug-likeness (QED) is 0.800. The fourth-order valence-electron chi connectivity index (χ4n) is 3.69. The fraction of sp³-hybridized carbons (Fsp3) is 0.389. The number of nitriles is 1. The third-order valence-corrected chi connectivity index (χ3v) is 4.89. The molecule has 122 valence electrons. The highest BCUT2D eigenvalue weighted by atomic mass is 16.5. The second-order valence-corrected chi connectivity index (χ2v) is 6.49. The highest BCUT2D eigenvalue weighted by molar-refractivity contribution is 5.89. The molecule has 4 rings (SSSR count). The molecule has 0 atom stereocenters. The first kappa shape index (κ1) is 14.8. The van der Waals surface area contributed by atoms with Gasteiger partial charge in [0.1, 0.15) is 6.07 Å². The lowest BCUT2D eigenvalue weighted by molar-refractivity contribution is 0.322. The van der Waals surface area contributed by atoms with Crippen molar-refractivity contribution in [3.8, 4) is 17.5 Å². The van der Waals surface area contributed by atoms with E-state index in [0.29, 0.717) is 17.3 Å². The van der Waals surface area contributed by atoms with E-state index in [-0.39, 0.29) is 0 Å². The molecule has 0 saturated heterocycles. The number of benzene rings is 1. The second kappa shape index (κ2) is 6.00. The van der Waals surface area contributed by atoms with Crippen LogP contribution in [0.4, 0.5) is 0 Å². The van der Waals surface area contributed by atoms with Gasteiger partial charge in [0.25, 0.3) is 0 Å². The number of fused-ring (bicyclic) bond motifs is 1. The predicted molar refractivity (Wildman–Crippen MR) is 89.3 cm³/mol. The maximum atomic E-state index is 11.1. The van der Waals surface area contributed by atoms with Crippen molar-refractivity contribution in [3.05, 3.63) is 40.5 Å². The molecule has 1 saturated carbocycles. The van der Waals surface area contributed by atoms with Crippen LogP contribution in [0.5, 0.6) is 0 Å². The number of aromatic amines is 1. The van der Waals surface area contributed by atoms with E-state index in [1.165, 1.54) is 32.1 Å². The van der Waals surface area contributed by atoms with Gasteiger partial charge in [-0.15, -0.1) is 0 Å². The second-order valence-electron chi connectivity index (χ2n) is 6.49. The van der Waals surface area contributed by atoms with Gasteiger partial charge in [0, 0.05) is 29.2 Å². The van der Waals surface area contributed by atoms with E-state index in [1.807, 2.05) is 24.4 Å². The van der Waals surface area contributed by atoms with Crippen molar-refractivity contribution < 1.29 is 4.52 Å². The zero-order valence-corrected chi connectivity index (χ0v) is 13.3. The standard InChI is InChI=1S/C18H18N4O2/c19-9-14-11-22(10-12-4-2-1-3-5-12)16-7-6-13(8-15(14)16)17-20-18(23)24-21-17/h6-8,11-12H,1-5,10H2,(H,20,21,23). The largest absolute Gasteiger partial charge is 0.439 e. The molecule has 1 fully saturated rings. The van der Waals surface area contributed by atoms with E-state index in [1.54, 1.807) is 0 Å². The number of hydrogen-bond donors (Lipinski definition) is 1. The number of hydrogen-bond acceptors (Lipinski definition) is 4. The zero-order valence-electron chi connectivity index (χ0n) is 13.3. The molecule has 6 nitrogen and oxygen atoms in total. The van der Waals surface area contributed by atoms with Crippen molar-refractivity contribution in [3.63, 3.8) is 0 Å². The molecule has 0 amide bonds. The third kappa shape index (κ3) is 2.62. The zero-order chi connectivity index (χ0) is 16.5. The summed E-state index contributed by atoms with van der Waals surface area (Å²) in [7, 11) is 0.